The molecule has 13 rings (SSSR count). The molecule has 2 heteroatoms. The lowest BCUT2D eigenvalue weighted by Crippen LogP contribution is -2.29. The van der Waals surface area contributed by atoms with Crippen molar-refractivity contribution in [2.45, 2.75) is 64.2 Å². The van der Waals surface area contributed by atoms with Gasteiger partial charge in [-0.15, -0.1) is 0 Å². The van der Waals surface area contributed by atoms with Crippen molar-refractivity contribution in [1.82, 2.24) is 0 Å². The highest BCUT2D eigenvalue weighted by Gasteiger charge is 2.36. The Hall–Kier alpha value is -7.42. The number of rotatable bonds is 7. The van der Waals surface area contributed by atoms with Crippen molar-refractivity contribution in [3.63, 3.8) is 0 Å². The Bertz CT molecular complexity index is 3460. The Balaban J connectivity index is 1.06. The average molecular weight is 891 g/mol. The highest BCUT2D eigenvalue weighted by molar-refractivity contribution is 6.20. The van der Waals surface area contributed by atoms with Crippen LogP contribution >= 0.6 is 0 Å². The molecule has 2 aliphatic heterocycles. The van der Waals surface area contributed by atoms with E-state index >= 15 is 0 Å². The summed E-state index contributed by atoms with van der Waals surface area (Å²) in [5.41, 5.74) is 22.9. The number of nitrogens with zero attached hydrogens (tertiary/aromatic N) is 2. The molecule has 5 aliphatic rings. The molecule has 8 aromatic carbocycles. The fourth-order valence-electron chi connectivity index (χ4n) is 12.8. The summed E-state index contributed by atoms with van der Waals surface area (Å²) in [4.78, 5) is 5.24. The van der Waals surface area contributed by atoms with Crippen LogP contribution in [0.25, 0.3) is 54.9 Å². The van der Waals surface area contributed by atoms with Crippen LogP contribution in [0.2, 0.25) is 0 Å². The largest absolute Gasteiger partial charge is 0.345 e. The molecule has 0 saturated carbocycles. The zero-order chi connectivity index (χ0) is 46.1. The normalized spacial score (nSPS) is 17.9. The van der Waals surface area contributed by atoms with Gasteiger partial charge >= 0.3 is 0 Å². The van der Waals surface area contributed by atoms with Crippen molar-refractivity contribution in [2.75, 3.05) is 22.9 Å². The topological polar surface area (TPSA) is 6.48 Å². The van der Waals surface area contributed by atoms with Gasteiger partial charge in [-0.25, -0.2) is 0 Å². The summed E-state index contributed by atoms with van der Waals surface area (Å²) in [5, 5.41) is 5.29. The maximum absolute atomic E-state index is 2.66. The molecule has 0 spiro atoms. The smallest absolute Gasteiger partial charge is 0.0443 e. The molecule has 0 saturated heterocycles. The number of aryl methyl sites for hydroxylation is 1. The highest BCUT2D eigenvalue weighted by atomic mass is 15.2. The molecule has 1 unspecified atom stereocenters. The molecule has 3 aliphatic carbocycles. The fourth-order valence-corrected chi connectivity index (χ4v) is 12.8. The minimum Gasteiger partial charge on any atom is -0.345 e. The van der Waals surface area contributed by atoms with Crippen molar-refractivity contribution in [3.8, 4) is 22.3 Å². The van der Waals surface area contributed by atoms with Gasteiger partial charge in [0.05, 0.1) is 0 Å². The number of benzene rings is 8. The van der Waals surface area contributed by atoms with Gasteiger partial charge in [0.15, 0.2) is 0 Å². The van der Waals surface area contributed by atoms with E-state index < -0.39 is 0 Å². The van der Waals surface area contributed by atoms with Crippen LogP contribution < -0.4 is 9.80 Å². The number of fused-ring (bicyclic) bond motifs is 6. The van der Waals surface area contributed by atoms with Gasteiger partial charge in [0.1, 0.15) is 0 Å². The predicted molar refractivity (Wildman–Crippen MR) is 293 cm³/mol. The van der Waals surface area contributed by atoms with Crippen LogP contribution in [-0.4, -0.2) is 13.1 Å². The van der Waals surface area contributed by atoms with Crippen LogP contribution in [0.1, 0.15) is 85.8 Å². The molecular weight excluding hydrogens is 833 g/mol. The van der Waals surface area contributed by atoms with Gasteiger partial charge in [-0.05, 0) is 181 Å². The lowest BCUT2D eigenvalue weighted by Gasteiger charge is -2.35. The van der Waals surface area contributed by atoms with Gasteiger partial charge in [0.25, 0.3) is 0 Å². The zero-order valence-electron chi connectivity index (χ0n) is 39.9. The van der Waals surface area contributed by atoms with E-state index in [0.717, 1.165) is 45.2 Å². The fraction of sp³-hybridized carbons (Fsp3) is 0.194. The first-order valence-corrected chi connectivity index (χ1v) is 25.5. The lowest BCUT2D eigenvalue weighted by molar-refractivity contribution is 0.660. The Morgan fingerprint density at radius 2 is 1.25 bits per heavy atom. The predicted octanol–water partition coefficient (Wildman–Crippen LogP) is 17.3. The van der Waals surface area contributed by atoms with Crippen molar-refractivity contribution >= 4 is 49.8 Å². The van der Waals surface area contributed by atoms with Crippen LogP contribution in [-0.2, 0) is 11.8 Å². The number of anilines is 3. The van der Waals surface area contributed by atoms with Crippen molar-refractivity contribution in [1.29, 1.82) is 0 Å². The van der Waals surface area contributed by atoms with Gasteiger partial charge in [0.2, 0.25) is 0 Å². The Morgan fingerprint density at radius 1 is 0.580 bits per heavy atom. The molecule has 1 atom stereocenters. The first kappa shape index (κ1) is 41.7. The van der Waals surface area contributed by atoms with E-state index in [4.69, 9.17) is 0 Å². The van der Waals surface area contributed by atoms with E-state index in [9.17, 15) is 0 Å². The minimum atomic E-state index is -0.112. The minimum absolute atomic E-state index is 0.112. The van der Waals surface area contributed by atoms with E-state index in [2.05, 4.69) is 224 Å². The van der Waals surface area contributed by atoms with Crippen molar-refractivity contribution < 1.29 is 0 Å². The molecule has 0 radical (unpaired) electrons. The van der Waals surface area contributed by atoms with E-state index in [0.29, 0.717) is 0 Å². The van der Waals surface area contributed by atoms with Crippen molar-refractivity contribution in [2.24, 2.45) is 5.92 Å². The Kier molecular flexibility index (Phi) is 10.3. The Morgan fingerprint density at radius 3 is 2.06 bits per heavy atom. The molecule has 336 valence electrons. The molecule has 2 nitrogen and oxygen atoms in total. The third-order valence-corrected chi connectivity index (χ3v) is 16.1. The molecule has 0 aromatic heterocycles. The Labute approximate surface area is 408 Å². The summed E-state index contributed by atoms with van der Waals surface area (Å²) in [5.74, 6) is 0.209. The average Bonchev–Trinajstić information content (AvgIpc) is 3.64. The summed E-state index contributed by atoms with van der Waals surface area (Å²) in [6.07, 6.45) is 22.2. The van der Waals surface area contributed by atoms with Crippen LogP contribution in [0.4, 0.5) is 17.1 Å². The first-order chi connectivity index (χ1) is 34.0. The summed E-state index contributed by atoms with van der Waals surface area (Å²) >= 11 is 0. The molecule has 69 heavy (non-hydrogen) atoms. The molecular formula is C67H58N2. The van der Waals surface area contributed by atoms with Gasteiger partial charge in [0, 0.05) is 41.3 Å². The summed E-state index contributed by atoms with van der Waals surface area (Å²) in [6.45, 7) is 6.88. The van der Waals surface area contributed by atoms with E-state index in [-0.39, 0.29) is 11.3 Å². The van der Waals surface area contributed by atoms with Gasteiger partial charge in [-0.2, -0.15) is 0 Å². The van der Waals surface area contributed by atoms with Crippen LogP contribution in [0.3, 0.4) is 0 Å². The second-order valence-corrected chi connectivity index (χ2v) is 20.4. The number of hydrogen-bond donors (Lipinski definition) is 0. The van der Waals surface area contributed by atoms with Crippen molar-refractivity contribution in [3.05, 3.63) is 245 Å². The number of hydrogen-bond acceptors (Lipinski definition) is 2. The summed E-state index contributed by atoms with van der Waals surface area (Å²) < 4.78 is 0. The third-order valence-electron chi connectivity index (χ3n) is 16.1. The SMILES string of the molecule is CC1(C)c2ccccc2-c2ccc(-c3c4ccc(N5CCCc6ccccc65)cc4c(C4=CC=CC(C=C(c5ccccc5)c5ccccc5)C4)c4ccc(N5CCCC6=C5CCC=C6)cc34)cc21. The monoisotopic (exact) mass is 890 g/mol. The molecule has 0 fully saturated rings. The quantitative estimate of drug-likeness (QED) is 0.147. The first-order valence-electron chi connectivity index (χ1n) is 25.5. The second kappa shape index (κ2) is 17.0. The maximum atomic E-state index is 2.66. The van der Waals surface area contributed by atoms with Crippen LogP contribution in [0.15, 0.2) is 212 Å². The van der Waals surface area contributed by atoms with E-state index in [1.807, 2.05) is 0 Å². The standard InChI is InChI=1S/C67H58N2/c1-67(2)61-29-12-11-28-54(61)55-35-32-51(42-62(55)67)66-57-37-34-52(68-38-16-26-48-23-9-13-30-63(48)68)43-59(57)65(56-36-33-53(44-60(56)66)69-39-17-27-49-24-10-14-31-64(49)69)50-25-15-18-45(40-50)41-58(46-19-5-3-6-20-46)47-21-7-4-8-22-47/h3-13,15,18-25,28-30,32-37,41-45H,14,16-17,26-27,31,38-40H2,1-2H3. The van der Waals surface area contributed by atoms with E-state index in [1.165, 1.54) is 129 Å². The summed E-state index contributed by atoms with van der Waals surface area (Å²) in [7, 11) is 0. The lowest BCUT2D eigenvalue weighted by atomic mass is 9.79. The van der Waals surface area contributed by atoms with Crippen LogP contribution in [0.5, 0.6) is 0 Å². The van der Waals surface area contributed by atoms with Crippen LogP contribution in [0, 0.1) is 5.92 Å². The van der Waals surface area contributed by atoms with E-state index in [1.54, 1.807) is 0 Å². The zero-order valence-corrected chi connectivity index (χ0v) is 39.9. The molecule has 0 amide bonds. The highest BCUT2D eigenvalue weighted by Crippen LogP contribution is 2.52. The molecule has 8 aromatic rings. The molecule has 2 heterocycles. The van der Waals surface area contributed by atoms with Gasteiger partial charge < -0.3 is 9.80 Å². The van der Waals surface area contributed by atoms with Gasteiger partial charge in [-0.3, -0.25) is 0 Å². The molecule has 0 N–H and O–H groups in total. The van der Waals surface area contributed by atoms with Gasteiger partial charge in [-0.1, -0.05) is 178 Å². The summed E-state index contributed by atoms with van der Waals surface area (Å²) in [6, 6.07) is 62.4. The number of allylic oxidation sites excluding steroid dienone is 9. The molecule has 0 bridgehead atoms. The maximum Gasteiger partial charge on any atom is 0.0443 e. The second-order valence-electron chi connectivity index (χ2n) is 20.4. The number of para-hydroxylation sites is 1. The third kappa shape index (κ3) is 7.14.